The van der Waals surface area contributed by atoms with Gasteiger partial charge in [-0.05, 0) is 17.7 Å². The van der Waals surface area contributed by atoms with Crippen LogP contribution >= 0.6 is 23.2 Å². The summed E-state index contributed by atoms with van der Waals surface area (Å²) < 4.78 is 0. The molecule has 0 heterocycles. The van der Waals surface area contributed by atoms with Gasteiger partial charge in [-0.2, -0.15) is 5.26 Å². The third kappa shape index (κ3) is 4.96. The van der Waals surface area contributed by atoms with E-state index in [1.54, 1.807) is 12.1 Å². The van der Waals surface area contributed by atoms with Gasteiger partial charge in [0, 0.05) is 13.0 Å². The summed E-state index contributed by atoms with van der Waals surface area (Å²) in [6.45, 7) is 0.0979. The monoisotopic (exact) mass is 314 g/mol. The quantitative estimate of drug-likeness (QED) is 0.770. The first kappa shape index (κ1) is 16.1. The highest BCUT2D eigenvalue weighted by Gasteiger charge is 2.14. The van der Waals surface area contributed by atoms with Crippen LogP contribution in [0.4, 0.5) is 4.79 Å². The van der Waals surface area contributed by atoms with Gasteiger partial charge in [0.25, 0.3) is 0 Å². The van der Waals surface area contributed by atoms with Gasteiger partial charge < -0.3 is 16.4 Å². The number of halogens is 2. The maximum Gasteiger partial charge on any atom is 0.312 e. The molecule has 4 N–H and O–H groups in total. The number of hydrogen-bond donors (Lipinski definition) is 3. The Bertz CT molecular complexity index is 557. The second-order valence-electron chi connectivity index (χ2n) is 3.84. The van der Waals surface area contributed by atoms with Crippen molar-refractivity contribution in [2.75, 3.05) is 6.54 Å². The molecule has 0 aliphatic carbocycles. The Morgan fingerprint density at radius 3 is 2.60 bits per heavy atom. The number of benzene rings is 1. The van der Waals surface area contributed by atoms with E-state index >= 15 is 0 Å². The first-order valence-electron chi connectivity index (χ1n) is 5.61. The van der Waals surface area contributed by atoms with Gasteiger partial charge in [-0.3, -0.25) is 4.79 Å². The van der Waals surface area contributed by atoms with E-state index < -0.39 is 18.0 Å². The van der Waals surface area contributed by atoms with Crippen LogP contribution < -0.4 is 16.4 Å². The zero-order chi connectivity index (χ0) is 15.1. The summed E-state index contributed by atoms with van der Waals surface area (Å²) >= 11 is 11.6. The fourth-order valence-corrected chi connectivity index (χ4v) is 1.72. The standard InChI is InChI=1S/C12H12Cl2N4O2/c13-8-2-1-7(5-9(8)14)10(6-15)18-11(19)3-4-17-12(16)20/h1-2,5,10H,3-4H2,(H,18,19)(H3,16,17,20). The number of nitrogens with one attached hydrogen (secondary N) is 2. The van der Waals surface area contributed by atoms with Gasteiger partial charge >= 0.3 is 6.03 Å². The van der Waals surface area contributed by atoms with Gasteiger partial charge in [-0.1, -0.05) is 29.3 Å². The minimum Gasteiger partial charge on any atom is -0.352 e. The van der Waals surface area contributed by atoms with Crippen LogP contribution in [0.1, 0.15) is 18.0 Å². The van der Waals surface area contributed by atoms with Crippen molar-refractivity contribution < 1.29 is 9.59 Å². The number of urea groups is 1. The van der Waals surface area contributed by atoms with E-state index in [4.69, 9.17) is 34.2 Å². The third-order valence-electron chi connectivity index (χ3n) is 2.36. The van der Waals surface area contributed by atoms with Crippen LogP contribution in [-0.4, -0.2) is 18.5 Å². The number of primary amides is 1. The molecule has 0 saturated heterocycles. The van der Waals surface area contributed by atoms with Gasteiger partial charge in [0.15, 0.2) is 0 Å². The first-order valence-corrected chi connectivity index (χ1v) is 6.37. The summed E-state index contributed by atoms with van der Waals surface area (Å²) in [5, 5.41) is 14.5. The van der Waals surface area contributed by atoms with Crippen LogP contribution in [0.5, 0.6) is 0 Å². The van der Waals surface area contributed by atoms with Crippen LogP contribution in [0.3, 0.4) is 0 Å². The number of rotatable bonds is 5. The van der Waals surface area contributed by atoms with Crippen molar-refractivity contribution in [3.63, 3.8) is 0 Å². The zero-order valence-electron chi connectivity index (χ0n) is 10.3. The fraction of sp³-hybridized carbons (Fsp3) is 0.250. The molecule has 0 aliphatic heterocycles. The normalized spacial score (nSPS) is 11.2. The second kappa shape index (κ2) is 7.58. The highest BCUT2D eigenvalue weighted by Crippen LogP contribution is 2.25. The van der Waals surface area contributed by atoms with Crippen LogP contribution in [0.25, 0.3) is 0 Å². The number of nitriles is 1. The highest BCUT2D eigenvalue weighted by molar-refractivity contribution is 6.42. The van der Waals surface area contributed by atoms with E-state index in [-0.39, 0.29) is 13.0 Å². The Kier molecular flexibility index (Phi) is 6.10. The molecule has 0 aliphatic rings. The summed E-state index contributed by atoms with van der Waals surface area (Å²) in [7, 11) is 0. The molecule has 6 nitrogen and oxygen atoms in total. The topological polar surface area (TPSA) is 108 Å². The Morgan fingerprint density at radius 1 is 1.35 bits per heavy atom. The SMILES string of the molecule is N#CC(NC(=O)CCNC(N)=O)c1ccc(Cl)c(Cl)c1. The largest absolute Gasteiger partial charge is 0.352 e. The molecule has 8 heteroatoms. The Hall–Kier alpha value is -1.97. The van der Waals surface area contributed by atoms with Gasteiger partial charge in [0.2, 0.25) is 5.91 Å². The summed E-state index contributed by atoms with van der Waals surface area (Å²) in [5.41, 5.74) is 5.39. The van der Waals surface area contributed by atoms with Gasteiger partial charge in [-0.15, -0.1) is 0 Å². The van der Waals surface area contributed by atoms with E-state index in [9.17, 15) is 9.59 Å². The molecular weight excluding hydrogens is 303 g/mol. The Morgan fingerprint density at radius 2 is 2.05 bits per heavy atom. The van der Waals surface area contributed by atoms with Crippen LogP contribution in [0, 0.1) is 11.3 Å². The Labute approximate surface area is 125 Å². The smallest absolute Gasteiger partial charge is 0.312 e. The maximum atomic E-state index is 11.6. The predicted molar refractivity (Wildman–Crippen MR) is 75.2 cm³/mol. The number of amides is 3. The molecule has 0 radical (unpaired) electrons. The summed E-state index contributed by atoms with van der Waals surface area (Å²) in [6, 6.07) is 5.06. The van der Waals surface area contributed by atoms with Crippen molar-refractivity contribution in [2.24, 2.45) is 5.73 Å². The van der Waals surface area contributed by atoms with Crippen molar-refractivity contribution in [3.05, 3.63) is 33.8 Å². The molecule has 0 spiro atoms. The molecule has 0 fully saturated rings. The van der Waals surface area contributed by atoms with Crippen LogP contribution in [0.15, 0.2) is 18.2 Å². The minimum absolute atomic E-state index is 0.0163. The molecule has 1 rings (SSSR count). The molecule has 106 valence electrons. The average molecular weight is 315 g/mol. The number of hydrogen-bond acceptors (Lipinski definition) is 3. The molecule has 1 aromatic carbocycles. The minimum atomic E-state index is -0.842. The fourth-order valence-electron chi connectivity index (χ4n) is 1.41. The molecule has 0 bridgehead atoms. The second-order valence-corrected chi connectivity index (χ2v) is 4.66. The van der Waals surface area contributed by atoms with Crippen molar-refractivity contribution >= 4 is 35.1 Å². The van der Waals surface area contributed by atoms with E-state index in [1.165, 1.54) is 6.07 Å². The molecular formula is C12H12Cl2N4O2. The van der Waals surface area contributed by atoms with E-state index in [0.29, 0.717) is 15.6 Å². The number of nitrogens with two attached hydrogens (primary N) is 1. The lowest BCUT2D eigenvalue weighted by Gasteiger charge is -2.12. The lowest BCUT2D eigenvalue weighted by molar-refractivity contribution is -0.121. The van der Waals surface area contributed by atoms with E-state index in [0.717, 1.165) is 0 Å². The molecule has 3 amide bonds. The van der Waals surface area contributed by atoms with Crippen LogP contribution in [-0.2, 0) is 4.79 Å². The van der Waals surface area contributed by atoms with E-state index in [1.807, 2.05) is 6.07 Å². The maximum absolute atomic E-state index is 11.6. The van der Waals surface area contributed by atoms with Crippen molar-refractivity contribution in [1.29, 1.82) is 5.26 Å². The number of carbonyl (C=O) groups is 2. The predicted octanol–water partition coefficient (Wildman–Crippen LogP) is 1.73. The molecule has 20 heavy (non-hydrogen) atoms. The van der Waals surface area contributed by atoms with Crippen molar-refractivity contribution in [2.45, 2.75) is 12.5 Å². The zero-order valence-corrected chi connectivity index (χ0v) is 11.8. The number of carbonyl (C=O) groups excluding carboxylic acids is 2. The lowest BCUT2D eigenvalue weighted by Crippen LogP contribution is -2.34. The molecule has 0 saturated carbocycles. The Balaban J connectivity index is 2.63. The van der Waals surface area contributed by atoms with Crippen LogP contribution in [0.2, 0.25) is 10.0 Å². The number of nitrogens with zero attached hydrogens (tertiary/aromatic N) is 1. The summed E-state index contributed by atoms with van der Waals surface area (Å²) in [5.74, 6) is -0.392. The molecule has 0 aromatic heterocycles. The molecule has 1 unspecified atom stereocenters. The molecule has 1 atom stereocenters. The average Bonchev–Trinajstić information content (AvgIpc) is 2.39. The van der Waals surface area contributed by atoms with Gasteiger partial charge in [0.1, 0.15) is 6.04 Å². The van der Waals surface area contributed by atoms with Crippen molar-refractivity contribution in [1.82, 2.24) is 10.6 Å². The summed E-state index contributed by atoms with van der Waals surface area (Å²) in [6.07, 6.45) is 0.0163. The van der Waals surface area contributed by atoms with Crippen molar-refractivity contribution in [3.8, 4) is 6.07 Å². The third-order valence-corrected chi connectivity index (χ3v) is 3.10. The van der Waals surface area contributed by atoms with Gasteiger partial charge in [0.05, 0.1) is 16.1 Å². The van der Waals surface area contributed by atoms with Gasteiger partial charge in [-0.25, -0.2) is 4.79 Å². The summed E-state index contributed by atoms with van der Waals surface area (Å²) in [4.78, 5) is 22.1. The van der Waals surface area contributed by atoms with E-state index in [2.05, 4.69) is 10.6 Å². The first-order chi connectivity index (χ1) is 9.43. The molecule has 1 aromatic rings. The highest BCUT2D eigenvalue weighted by atomic mass is 35.5. The lowest BCUT2D eigenvalue weighted by atomic mass is 10.1.